The summed E-state index contributed by atoms with van der Waals surface area (Å²) in [4.78, 5) is 15.0. The van der Waals surface area contributed by atoms with Gasteiger partial charge in [0, 0.05) is 18.5 Å². The number of hydrogen-bond acceptors (Lipinski definition) is 3. The lowest BCUT2D eigenvalue weighted by molar-refractivity contribution is -0.910. The number of carbonyl (C=O) groups excluding carboxylic acids is 1. The van der Waals surface area contributed by atoms with Crippen LogP contribution in [0.25, 0.3) is 0 Å². The molecule has 1 fully saturated rings. The lowest BCUT2D eigenvalue weighted by atomic mass is 10.2. The summed E-state index contributed by atoms with van der Waals surface area (Å²) < 4.78 is 0. The van der Waals surface area contributed by atoms with Gasteiger partial charge >= 0.3 is 0 Å². The molecular formula is C17H17ClN3OS+. The molecule has 1 aromatic heterocycles. The van der Waals surface area contributed by atoms with Crippen LogP contribution in [-0.4, -0.2) is 19.0 Å². The third kappa shape index (κ3) is 3.73. The first-order valence-electron chi connectivity index (χ1n) is 7.55. The van der Waals surface area contributed by atoms with E-state index < -0.39 is 0 Å². The van der Waals surface area contributed by atoms with Crippen molar-refractivity contribution in [3.8, 4) is 6.07 Å². The van der Waals surface area contributed by atoms with Crippen molar-refractivity contribution in [1.29, 1.82) is 5.26 Å². The Balaban J connectivity index is 1.63. The van der Waals surface area contributed by atoms with Crippen LogP contribution >= 0.6 is 22.9 Å². The van der Waals surface area contributed by atoms with Crippen molar-refractivity contribution >= 4 is 34.5 Å². The normalized spacial score (nSPS) is 20.2. The molecule has 118 valence electrons. The minimum atomic E-state index is -0.0239. The van der Waals surface area contributed by atoms with Gasteiger partial charge in [0.1, 0.15) is 12.1 Å². The molecule has 0 saturated carbocycles. The first-order chi connectivity index (χ1) is 11.2. The molecule has 1 unspecified atom stereocenters. The van der Waals surface area contributed by atoms with Crippen LogP contribution in [0.3, 0.4) is 0 Å². The Morgan fingerprint density at radius 2 is 2.35 bits per heavy atom. The van der Waals surface area contributed by atoms with Crippen LogP contribution in [0.15, 0.2) is 35.7 Å². The first kappa shape index (κ1) is 16.0. The number of anilines is 1. The van der Waals surface area contributed by atoms with Gasteiger partial charge in [0.2, 0.25) is 0 Å². The molecule has 1 aliphatic rings. The number of thiophene rings is 1. The van der Waals surface area contributed by atoms with E-state index in [4.69, 9.17) is 16.9 Å². The molecule has 0 bridgehead atoms. The molecule has 2 heterocycles. The molecule has 0 spiro atoms. The standard InChI is InChI=1S/C17H16ClN3OS/c18-14-9-13(6-5-12(14)10-19)20-17(22)11-21-7-1-3-15(21)16-4-2-8-23-16/h2,4-6,8-9,15H,1,3,7,11H2,(H,20,22)/p+1/t15-/m1/s1. The largest absolute Gasteiger partial charge is 0.321 e. The van der Waals surface area contributed by atoms with Crippen LogP contribution in [0.1, 0.15) is 29.3 Å². The Morgan fingerprint density at radius 1 is 1.48 bits per heavy atom. The predicted molar refractivity (Wildman–Crippen MR) is 91.8 cm³/mol. The highest BCUT2D eigenvalue weighted by atomic mass is 35.5. The highest BCUT2D eigenvalue weighted by molar-refractivity contribution is 7.10. The van der Waals surface area contributed by atoms with Gasteiger partial charge in [-0.3, -0.25) is 4.79 Å². The molecular weight excluding hydrogens is 330 g/mol. The Labute approximate surface area is 144 Å². The maximum atomic E-state index is 12.3. The SMILES string of the molecule is N#Cc1ccc(NC(=O)C[NH+]2CCC[C@@H]2c2cccs2)cc1Cl. The number of carbonyl (C=O) groups is 1. The minimum absolute atomic E-state index is 0.0239. The Morgan fingerprint density at radius 3 is 3.04 bits per heavy atom. The zero-order chi connectivity index (χ0) is 16.2. The fourth-order valence-corrected chi connectivity index (χ4v) is 4.19. The lowest BCUT2D eigenvalue weighted by Gasteiger charge is -2.20. The number of nitrogens with one attached hydrogen (secondary N) is 2. The van der Waals surface area contributed by atoms with E-state index in [-0.39, 0.29) is 5.91 Å². The molecule has 0 radical (unpaired) electrons. The molecule has 2 aromatic rings. The predicted octanol–water partition coefficient (Wildman–Crippen LogP) is 2.63. The quantitative estimate of drug-likeness (QED) is 0.894. The van der Waals surface area contributed by atoms with Crippen molar-refractivity contribution in [2.24, 2.45) is 0 Å². The summed E-state index contributed by atoms with van der Waals surface area (Å²) in [5.74, 6) is -0.0239. The number of nitriles is 1. The van der Waals surface area contributed by atoms with Gasteiger partial charge in [-0.1, -0.05) is 17.7 Å². The zero-order valence-corrected chi connectivity index (χ0v) is 14.1. The van der Waals surface area contributed by atoms with Gasteiger partial charge in [0.05, 0.1) is 22.0 Å². The van der Waals surface area contributed by atoms with E-state index in [1.807, 2.05) is 6.07 Å². The zero-order valence-electron chi connectivity index (χ0n) is 12.5. The molecule has 1 amide bonds. The maximum absolute atomic E-state index is 12.3. The number of amides is 1. The fraction of sp³-hybridized carbons (Fsp3) is 0.294. The molecule has 3 rings (SSSR count). The second-order valence-corrected chi connectivity index (χ2v) is 7.04. The van der Waals surface area contributed by atoms with Gasteiger partial charge in [-0.15, -0.1) is 11.3 Å². The molecule has 1 saturated heterocycles. The highest BCUT2D eigenvalue weighted by Crippen LogP contribution is 2.23. The molecule has 0 aliphatic carbocycles. The summed E-state index contributed by atoms with van der Waals surface area (Å²) in [5.41, 5.74) is 1.04. The summed E-state index contributed by atoms with van der Waals surface area (Å²) in [6.07, 6.45) is 2.28. The second kappa shape index (κ2) is 7.14. The molecule has 23 heavy (non-hydrogen) atoms. The third-order valence-electron chi connectivity index (χ3n) is 4.13. The van der Waals surface area contributed by atoms with Crippen LogP contribution < -0.4 is 10.2 Å². The Bertz CT molecular complexity index is 739. The van der Waals surface area contributed by atoms with Crippen LogP contribution in [-0.2, 0) is 4.79 Å². The number of hydrogen-bond donors (Lipinski definition) is 2. The number of likely N-dealkylation sites (tertiary alicyclic amines) is 1. The van der Waals surface area contributed by atoms with Gasteiger partial charge in [-0.05, 0) is 29.6 Å². The topological polar surface area (TPSA) is 57.3 Å². The van der Waals surface area contributed by atoms with E-state index in [1.54, 1.807) is 29.5 Å². The second-order valence-electron chi connectivity index (χ2n) is 5.65. The number of halogens is 1. The number of nitrogens with zero attached hydrogens (tertiary/aromatic N) is 1. The van der Waals surface area contributed by atoms with Crippen LogP contribution in [0.5, 0.6) is 0 Å². The van der Waals surface area contributed by atoms with Crippen molar-refractivity contribution in [2.75, 3.05) is 18.4 Å². The molecule has 2 N–H and O–H groups in total. The first-order valence-corrected chi connectivity index (χ1v) is 8.80. The minimum Gasteiger partial charge on any atom is -0.321 e. The van der Waals surface area contributed by atoms with E-state index in [9.17, 15) is 4.79 Å². The maximum Gasteiger partial charge on any atom is 0.279 e. The van der Waals surface area contributed by atoms with Crippen LogP contribution in [0, 0.1) is 11.3 Å². The molecule has 2 atom stereocenters. The molecule has 1 aliphatic heterocycles. The Hall–Kier alpha value is -1.87. The monoisotopic (exact) mass is 346 g/mol. The van der Waals surface area contributed by atoms with Crippen molar-refractivity contribution in [2.45, 2.75) is 18.9 Å². The molecule has 6 heteroatoms. The van der Waals surface area contributed by atoms with E-state index in [0.29, 0.717) is 28.9 Å². The van der Waals surface area contributed by atoms with E-state index in [2.05, 4.69) is 22.8 Å². The smallest absolute Gasteiger partial charge is 0.279 e. The molecule has 1 aromatic carbocycles. The Kier molecular flexibility index (Phi) is 4.97. The lowest BCUT2D eigenvalue weighted by Crippen LogP contribution is -3.11. The van der Waals surface area contributed by atoms with Gasteiger partial charge in [0.25, 0.3) is 5.91 Å². The third-order valence-corrected chi connectivity index (χ3v) is 5.43. The average Bonchev–Trinajstić information content (AvgIpc) is 3.18. The number of rotatable bonds is 4. The molecule has 4 nitrogen and oxygen atoms in total. The van der Waals surface area contributed by atoms with Gasteiger partial charge in [0.15, 0.2) is 6.54 Å². The summed E-state index contributed by atoms with van der Waals surface area (Å²) >= 11 is 7.76. The van der Waals surface area contributed by atoms with Crippen molar-refractivity contribution < 1.29 is 9.69 Å². The highest BCUT2D eigenvalue weighted by Gasteiger charge is 2.32. The summed E-state index contributed by atoms with van der Waals surface area (Å²) in [6.45, 7) is 1.46. The van der Waals surface area contributed by atoms with E-state index in [1.165, 1.54) is 9.78 Å². The number of quaternary nitrogens is 1. The van der Waals surface area contributed by atoms with Crippen molar-refractivity contribution in [3.05, 3.63) is 51.2 Å². The van der Waals surface area contributed by atoms with Crippen molar-refractivity contribution in [3.63, 3.8) is 0 Å². The van der Waals surface area contributed by atoms with Crippen molar-refractivity contribution in [1.82, 2.24) is 0 Å². The van der Waals surface area contributed by atoms with Crippen LogP contribution in [0.4, 0.5) is 5.69 Å². The summed E-state index contributed by atoms with van der Waals surface area (Å²) in [6, 6.07) is 11.6. The van der Waals surface area contributed by atoms with E-state index in [0.717, 1.165) is 19.4 Å². The van der Waals surface area contributed by atoms with E-state index >= 15 is 0 Å². The summed E-state index contributed by atoms with van der Waals surface area (Å²) in [7, 11) is 0. The fourth-order valence-electron chi connectivity index (χ4n) is 3.05. The van der Waals surface area contributed by atoms with Gasteiger partial charge < -0.3 is 10.2 Å². The summed E-state index contributed by atoms with van der Waals surface area (Å²) in [5, 5.41) is 14.2. The average molecular weight is 347 g/mol. The van der Waals surface area contributed by atoms with Gasteiger partial charge in [-0.25, -0.2) is 0 Å². The van der Waals surface area contributed by atoms with Gasteiger partial charge in [-0.2, -0.15) is 5.26 Å². The number of benzene rings is 1. The van der Waals surface area contributed by atoms with Crippen LogP contribution in [0.2, 0.25) is 5.02 Å².